The monoisotopic (exact) mass is 831 g/mol. The molecule has 0 unspecified atom stereocenters. The molecule has 0 saturated heterocycles. The summed E-state index contributed by atoms with van der Waals surface area (Å²) in [6, 6.07) is 12.2. The SMILES string of the molecule is CCC(=Cc1sc2ccc(I)cc2[n+]1CCCS(=O)(=O)[O-])C=C1Sc2ccc(I)cc2N1CCCS(=O)(=O)[O-]. The molecule has 0 atom stereocenters. The first-order valence-corrected chi connectivity index (χ1v) is 18.9. The fourth-order valence-corrected chi connectivity index (χ4v) is 8.39. The van der Waals surface area contributed by atoms with Crippen LogP contribution in [0.5, 0.6) is 0 Å². The van der Waals surface area contributed by atoms with Crippen LogP contribution < -0.4 is 9.47 Å². The number of hydrogen-bond donors (Lipinski definition) is 0. The largest absolute Gasteiger partial charge is 0.748 e. The molecule has 4 rings (SSSR count). The lowest BCUT2D eigenvalue weighted by molar-refractivity contribution is -0.668. The maximum atomic E-state index is 11.2. The van der Waals surface area contributed by atoms with Crippen LogP contribution in [0.3, 0.4) is 0 Å². The van der Waals surface area contributed by atoms with Crippen molar-refractivity contribution in [3.8, 4) is 0 Å². The van der Waals surface area contributed by atoms with Gasteiger partial charge < -0.3 is 14.0 Å². The number of benzene rings is 2. The summed E-state index contributed by atoms with van der Waals surface area (Å²) in [5.41, 5.74) is 3.01. The number of anilines is 1. The van der Waals surface area contributed by atoms with Crippen molar-refractivity contribution >= 4 is 110 Å². The van der Waals surface area contributed by atoms with Gasteiger partial charge in [0.15, 0.2) is 6.54 Å². The van der Waals surface area contributed by atoms with Crippen LogP contribution in [0.1, 0.15) is 31.2 Å². The van der Waals surface area contributed by atoms with Gasteiger partial charge in [-0.3, -0.25) is 0 Å². The van der Waals surface area contributed by atoms with Crippen molar-refractivity contribution < 1.29 is 30.5 Å². The summed E-state index contributed by atoms with van der Waals surface area (Å²) >= 11 is 7.69. The molecule has 0 aliphatic carbocycles. The Morgan fingerprint density at radius 1 is 1.00 bits per heavy atom. The van der Waals surface area contributed by atoms with Crippen molar-refractivity contribution in [2.24, 2.45) is 0 Å². The second kappa shape index (κ2) is 13.0. The van der Waals surface area contributed by atoms with E-state index in [1.165, 1.54) is 0 Å². The zero-order chi connectivity index (χ0) is 28.4. The van der Waals surface area contributed by atoms with E-state index in [2.05, 4.69) is 85.9 Å². The summed E-state index contributed by atoms with van der Waals surface area (Å²) in [4.78, 5) is 3.13. The summed E-state index contributed by atoms with van der Waals surface area (Å²) in [5.74, 6) is -0.840. The van der Waals surface area contributed by atoms with Crippen LogP contribution in [0.4, 0.5) is 5.69 Å². The minimum absolute atomic E-state index is 0.220. The molecule has 14 heteroatoms. The molecule has 8 nitrogen and oxygen atoms in total. The summed E-state index contributed by atoms with van der Waals surface area (Å²) in [6.45, 7) is 2.85. The van der Waals surface area contributed by atoms with Gasteiger partial charge in [-0.2, -0.15) is 4.57 Å². The number of rotatable bonds is 11. The Labute approximate surface area is 264 Å². The summed E-state index contributed by atoms with van der Waals surface area (Å²) < 4.78 is 72.5. The predicted molar refractivity (Wildman–Crippen MR) is 172 cm³/mol. The number of aromatic nitrogens is 1. The Bertz CT molecular complexity index is 1670. The number of thiazole rings is 1. The second-order valence-electron chi connectivity index (χ2n) is 8.86. The smallest absolute Gasteiger partial charge is 0.263 e. The number of nitrogens with zero attached hydrogens (tertiary/aromatic N) is 2. The predicted octanol–water partition coefficient (Wildman–Crippen LogP) is 5.52. The van der Waals surface area contributed by atoms with Gasteiger partial charge >= 0.3 is 0 Å². The molecule has 0 fully saturated rings. The minimum Gasteiger partial charge on any atom is -0.748 e. The number of aryl methyl sites for hydroxylation is 1. The van der Waals surface area contributed by atoms with E-state index in [9.17, 15) is 25.9 Å². The lowest BCUT2D eigenvalue weighted by Crippen LogP contribution is -2.36. The van der Waals surface area contributed by atoms with Crippen molar-refractivity contribution in [3.63, 3.8) is 0 Å². The quantitative estimate of drug-likeness (QED) is 0.141. The zero-order valence-corrected chi connectivity index (χ0v) is 28.4. The second-order valence-corrected chi connectivity index (χ2v) is 16.5. The molecule has 0 spiro atoms. The van der Waals surface area contributed by atoms with E-state index in [0.717, 1.165) is 50.0 Å². The molecular formula is C25H25I2N2O6S4-. The van der Waals surface area contributed by atoms with E-state index in [-0.39, 0.29) is 12.8 Å². The zero-order valence-electron chi connectivity index (χ0n) is 20.8. The van der Waals surface area contributed by atoms with Crippen LogP contribution in [-0.4, -0.2) is 44.0 Å². The molecule has 1 aliphatic rings. The molecule has 2 heterocycles. The van der Waals surface area contributed by atoms with E-state index < -0.39 is 31.7 Å². The Hall–Kier alpha value is -0.760. The third-order valence-corrected chi connectivity index (χ3v) is 11.1. The molecule has 3 aromatic rings. The van der Waals surface area contributed by atoms with Crippen LogP contribution >= 0.6 is 68.3 Å². The van der Waals surface area contributed by atoms with Crippen LogP contribution in [0.15, 0.2) is 58.0 Å². The molecule has 1 aromatic heterocycles. The van der Waals surface area contributed by atoms with Crippen molar-refractivity contribution in [2.75, 3.05) is 23.0 Å². The number of halogens is 2. The standard InChI is InChI=1S/C25H26I2N2O6S4/c1-2-17(13-24-28(9-3-11-38(30,31)32)20-15-18(26)5-7-22(20)36-24)14-25-29(10-4-12-39(33,34)35)21-16-19(27)6-8-23(21)37-25/h5-8,13-16H,2-4,9-12H2,1H3,(H-,30,31,32,33,34,35)/p-1. The number of thioether (sulfide) groups is 1. The molecular weight excluding hydrogens is 806 g/mol. The lowest BCUT2D eigenvalue weighted by Gasteiger charge is -2.21. The van der Waals surface area contributed by atoms with Gasteiger partial charge in [-0.05, 0) is 100 Å². The average Bonchev–Trinajstić information content (AvgIpc) is 3.34. The molecule has 0 N–H and O–H groups in total. The van der Waals surface area contributed by atoms with Crippen molar-refractivity contribution in [2.45, 2.75) is 37.6 Å². The van der Waals surface area contributed by atoms with Crippen LogP contribution in [0.2, 0.25) is 0 Å². The van der Waals surface area contributed by atoms with Gasteiger partial charge in [0.2, 0.25) is 5.52 Å². The number of fused-ring (bicyclic) bond motifs is 2. The van der Waals surface area contributed by atoms with E-state index in [4.69, 9.17) is 0 Å². The first kappa shape index (κ1) is 31.2. The fourth-order valence-electron chi connectivity index (χ4n) is 4.19. The molecule has 0 amide bonds. The lowest BCUT2D eigenvalue weighted by atomic mass is 10.2. The van der Waals surface area contributed by atoms with E-state index in [1.807, 2.05) is 24.3 Å². The van der Waals surface area contributed by atoms with Gasteiger partial charge in [0, 0.05) is 48.6 Å². The molecule has 210 valence electrons. The molecule has 0 saturated carbocycles. The van der Waals surface area contributed by atoms with Crippen LogP contribution in [0, 0.1) is 7.14 Å². The first-order chi connectivity index (χ1) is 18.3. The number of hydrogen-bond acceptors (Lipinski definition) is 9. The highest BCUT2D eigenvalue weighted by atomic mass is 127. The molecule has 0 bridgehead atoms. The Morgan fingerprint density at radius 3 is 2.36 bits per heavy atom. The third-order valence-electron chi connectivity index (χ3n) is 5.96. The summed E-state index contributed by atoms with van der Waals surface area (Å²) in [7, 11) is -8.60. The molecule has 1 aliphatic heterocycles. The Morgan fingerprint density at radius 2 is 1.67 bits per heavy atom. The Kier molecular flexibility index (Phi) is 10.4. The van der Waals surface area contributed by atoms with Crippen LogP contribution in [-0.2, 0) is 26.8 Å². The highest BCUT2D eigenvalue weighted by molar-refractivity contribution is 14.1. The Balaban J connectivity index is 1.71. The van der Waals surface area contributed by atoms with Crippen molar-refractivity contribution in [1.82, 2.24) is 0 Å². The highest BCUT2D eigenvalue weighted by Gasteiger charge is 2.26. The van der Waals surface area contributed by atoms with Gasteiger partial charge in [-0.1, -0.05) is 30.0 Å². The van der Waals surface area contributed by atoms with E-state index >= 15 is 0 Å². The summed E-state index contributed by atoms with van der Waals surface area (Å²) in [6.07, 6.45) is 5.34. The maximum Gasteiger partial charge on any atom is 0.263 e. The fraction of sp³-hybridized carbons (Fsp3) is 0.320. The summed E-state index contributed by atoms with van der Waals surface area (Å²) in [5, 5.41) is 1.89. The van der Waals surface area contributed by atoms with Gasteiger partial charge in [-0.25, -0.2) is 16.8 Å². The van der Waals surface area contributed by atoms with Gasteiger partial charge in [-0.15, -0.1) is 0 Å². The first-order valence-electron chi connectivity index (χ1n) is 12.0. The average molecular weight is 832 g/mol. The van der Waals surface area contributed by atoms with E-state index in [1.54, 1.807) is 23.1 Å². The maximum absolute atomic E-state index is 11.2. The normalized spacial score (nSPS) is 15.5. The van der Waals surface area contributed by atoms with Gasteiger partial charge in [0.1, 0.15) is 4.70 Å². The van der Waals surface area contributed by atoms with Gasteiger partial charge in [0.05, 0.1) is 31.0 Å². The van der Waals surface area contributed by atoms with Crippen molar-refractivity contribution in [1.29, 1.82) is 0 Å². The number of allylic oxidation sites excluding steroid dienone is 2. The van der Waals surface area contributed by atoms with E-state index in [0.29, 0.717) is 13.1 Å². The minimum atomic E-state index is -4.30. The third kappa shape index (κ3) is 8.62. The van der Waals surface area contributed by atoms with Crippen LogP contribution in [0.25, 0.3) is 16.3 Å². The van der Waals surface area contributed by atoms with Gasteiger partial charge in [0.25, 0.3) is 5.01 Å². The molecule has 39 heavy (non-hydrogen) atoms. The highest BCUT2D eigenvalue weighted by Crippen LogP contribution is 2.47. The molecule has 2 aromatic carbocycles. The topological polar surface area (TPSA) is 122 Å². The van der Waals surface area contributed by atoms with Crippen molar-refractivity contribution in [3.05, 3.63) is 65.2 Å². The molecule has 0 radical (unpaired) electrons.